The van der Waals surface area contributed by atoms with Crippen molar-refractivity contribution in [2.24, 2.45) is 0 Å². The zero-order chi connectivity index (χ0) is 19.6. The summed E-state index contributed by atoms with van der Waals surface area (Å²) in [6.07, 6.45) is -1.29. The topological polar surface area (TPSA) is 66.8 Å². The molecule has 1 aliphatic rings. The molecular formula is C21H20FNO4. The Kier molecular flexibility index (Phi) is 5.26. The van der Waals surface area contributed by atoms with E-state index in [1.807, 2.05) is 48.5 Å². The van der Waals surface area contributed by atoms with E-state index in [0.717, 1.165) is 27.2 Å². The Bertz CT molecular complexity index is 850. The quantitative estimate of drug-likeness (QED) is 0.829. The van der Waals surface area contributed by atoms with E-state index in [0.29, 0.717) is 0 Å². The SMILES string of the molecule is C=C(F)C[C@@H](C(=O)O)N(C)C(=O)OCC1c2ccccc2-c2ccccc21. The minimum atomic E-state index is -1.36. The van der Waals surface area contributed by atoms with E-state index in [9.17, 15) is 19.1 Å². The molecule has 1 amide bonds. The number of halogens is 1. The van der Waals surface area contributed by atoms with Gasteiger partial charge in [0.05, 0.1) is 5.83 Å². The van der Waals surface area contributed by atoms with Crippen molar-refractivity contribution in [3.05, 3.63) is 72.1 Å². The van der Waals surface area contributed by atoms with Gasteiger partial charge in [0.1, 0.15) is 12.6 Å². The van der Waals surface area contributed by atoms with E-state index in [2.05, 4.69) is 6.58 Å². The Morgan fingerprint density at radius 1 is 1.15 bits per heavy atom. The van der Waals surface area contributed by atoms with Crippen LogP contribution in [-0.2, 0) is 9.53 Å². The zero-order valence-corrected chi connectivity index (χ0v) is 14.9. The summed E-state index contributed by atoms with van der Waals surface area (Å²) in [5.74, 6) is -2.25. The minimum absolute atomic E-state index is 0.0696. The van der Waals surface area contributed by atoms with Crippen LogP contribution in [0.1, 0.15) is 23.5 Å². The van der Waals surface area contributed by atoms with Crippen LogP contribution < -0.4 is 0 Å². The van der Waals surface area contributed by atoms with E-state index in [1.54, 1.807) is 0 Å². The molecule has 0 heterocycles. The highest BCUT2D eigenvalue weighted by Crippen LogP contribution is 2.44. The number of nitrogens with zero attached hydrogens (tertiary/aromatic N) is 1. The standard InChI is InChI=1S/C21H20FNO4/c1-13(22)11-19(20(24)25)23(2)21(26)27-12-18-16-9-5-3-7-14(16)15-8-4-6-10-17(15)18/h3-10,18-19H,1,11-12H2,2H3,(H,24,25)/t19-/m0/s1. The van der Waals surface area contributed by atoms with Crippen LogP contribution in [0, 0.1) is 0 Å². The lowest BCUT2D eigenvalue weighted by molar-refractivity contribution is -0.142. The number of amides is 1. The zero-order valence-electron chi connectivity index (χ0n) is 14.9. The first kappa shape index (κ1) is 18.6. The van der Waals surface area contributed by atoms with Gasteiger partial charge in [-0.3, -0.25) is 4.90 Å². The lowest BCUT2D eigenvalue weighted by Crippen LogP contribution is -2.43. The van der Waals surface area contributed by atoms with Crippen LogP contribution in [-0.4, -0.2) is 41.8 Å². The maximum atomic E-state index is 13.1. The number of hydrogen-bond donors (Lipinski definition) is 1. The highest BCUT2D eigenvalue weighted by atomic mass is 19.1. The highest BCUT2D eigenvalue weighted by molar-refractivity contribution is 5.81. The molecule has 27 heavy (non-hydrogen) atoms. The molecule has 1 N–H and O–H groups in total. The van der Waals surface area contributed by atoms with E-state index >= 15 is 0 Å². The minimum Gasteiger partial charge on any atom is -0.480 e. The van der Waals surface area contributed by atoms with Gasteiger partial charge in [-0.05, 0) is 22.3 Å². The van der Waals surface area contributed by atoms with Crippen LogP contribution in [0.4, 0.5) is 9.18 Å². The molecule has 3 rings (SSSR count). The molecule has 0 spiro atoms. The monoisotopic (exact) mass is 369 g/mol. The predicted molar refractivity (Wildman–Crippen MR) is 99.1 cm³/mol. The molecule has 1 aliphatic carbocycles. The molecule has 0 fully saturated rings. The fraction of sp³-hybridized carbons (Fsp3) is 0.238. The largest absolute Gasteiger partial charge is 0.480 e. The first-order chi connectivity index (χ1) is 12.9. The number of benzene rings is 2. The van der Waals surface area contributed by atoms with E-state index < -0.39 is 30.4 Å². The number of likely N-dealkylation sites (N-methyl/N-ethyl adjacent to an activating group) is 1. The number of aliphatic carboxylic acids is 1. The number of hydrogen-bond acceptors (Lipinski definition) is 3. The van der Waals surface area contributed by atoms with Gasteiger partial charge in [-0.25, -0.2) is 14.0 Å². The lowest BCUT2D eigenvalue weighted by Gasteiger charge is -2.24. The number of carbonyl (C=O) groups excluding carboxylic acids is 1. The Labute approximate surface area is 156 Å². The average Bonchev–Trinajstić information content (AvgIpc) is 2.97. The van der Waals surface area contributed by atoms with Crippen molar-refractivity contribution in [3.8, 4) is 11.1 Å². The van der Waals surface area contributed by atoms with Gasteiger partial charge in [0.2, 0.25) is 0 Å². The van der Waals surface area contributed by atoms with Crippen LogP contribution >= 0.6 is 0 Å². The molecule has 2 aromatic carbocycles. The number of fused-ring (bicyclic) bond motifs is 3. The van der Waals surface area contributed by atoms with Crippen molar-refractivity contribution in [3.63, 3.8) is 0 Å². The van der Waals surface area contributed by atoms with E-state index in [4.69, 9.17) is 4.74 Å². The van der Waals surface area contributed by atoms with Gasteiger partial charge in [-0.1, -0.05) is 55.1 Å². The molecule has 0 aliphatic heterocycles. The van der Waals surface area contributed by atoms with E-state index in [1.165, 1.54) is 7.05 Å². The smallest absolute Gasteiger partial charge is 0.410 e. The van der Waals surface area contributed by atoms with Crippen LogP contribution in [0.5, 0.6) is 0 Å². The second-order valence-electron chi connectivity index (χ2n) is 6.49. The fourth-order valence-electron chi connectivity index (χ4n) is 3.42. The molecule has 0 saturated heterocycles. The molecule has 2 aromatic rings. The number of ether oxygens (including phenoxy) is 1. The summed E-state index contributed by atoms with van der Waals surface area (Å²) in [7, 11) is 1.28. The van der Waals surface area contributed by atoms with Crippen molar-refractivity contribution in [1.29, 1.82) is 0 Å². The fourth-order valence-corrected chi connectivity index (χ4v) is 3.42. The van der Waals surface area contributed by atoms with Gasteiger partial charge >= 0.3 is 12.1 Å². The molecule has 0 bridgehead atoms. The summed E-state index contributed by atoms with van der Waals surface area (Å²) in [5.41, 5.74) is 4.31. The number of rotatable bonds is 6. The van der Waals surface area contributed by atoms with Crippen molar-refractivity contribution in [2.75, 3.05) is 13.7 Å². The van der Waals surface area contributed by atoms with Gasteiger partial charge in [-0.2, -0.15) is 0 Å². The van der Waals surface area contributed by atoms with Gasteiger partial charge in [-0.15, -0.1) is 0 Å². The molecule has 6 heteroatoms. The van der Waals surface area contributed by atoms with Crippen molar-refractivity contribution in [1.82, 2.24) is 4.90 Å². The molecule has 5 nitrogen and oxygen atoms in total. The summed E-state index contributed by atoms with van der Waals surface area (Å²) < 4.78 is 18.4. The summed E-state index contributed by atoms with van der Waals surface area (Å²) in [6.45, 7) is 3.14. The van der Waals surface area contributed by atoms with Gasteiger partial charge < -0.3 is 9.84 Å². The molecule has 0 unspecified atom stereocenters. The van der Waals surface area contributed by atoms with Crippen molar-refractivity contribution in [2.45, 2.75) is 18.4 Å². The van der Waals surface area contributed by atoms with Crippen molar-refractivity contribution >= 4 is 12.1 Å². The summed E-state index contributed by atoms with van der Waals surface area (Å²) in [4.78, 5) is 24.5. The molecule has 0 saturated carbocycles. The molecule has 140 valence electrons. The van der Waals surface area contributed by atoms with Gasteiger partial charge in [0.25, 0.3) is 0 Å². The second-order valence-corrected chi connectivity index (χ2v) is 6.49. The lowest BCUT2D eigenvalue weighted by atomic mass is 9.98. The maximum Gasteiger partial charge on any atom is 0.410 e. The summed E-state index contributed by atoms with van der Waals surface area (Å²) in [5, 5.41) is 9.22. The van der Waals surface area contributed by atoms with Crippen LogP contribution in [0.25, 0.3) is 11.1 Å². The highest BCUT2D eigenvalue weighted by Gasteiger charge is 2.32. The molecule has 0 radical (unpaired) electrons. The first-order valence-corrected chi connectivity index (χ1v) is 8.54. The maximum absolute atomic E-state index is 13.1. The summed E-state index contributed by atoms with van der Waals surface area (Å²) >= 11 is 0. The second kappa shape index (κ2) is 7.61. The van der Waals surface area contributed by atoms with Gasteiger partial charge in [0, 0.05) is 19.4 Å². The first-order valence-electron chi connectivity index (χ1n) is 8.54. The Morgan fingerprint density at radius 2 is 1.67 bits per heavy atom. The van der Waals surface area contributed by atoms with Crippen LogP contribution in [0.15, 0.2) is 60.9 Å². The number of carboxylic acid groups (broad SMARTS) is 1. The Hall–Kier alpha value is -3.15. The molecule has 0 aromatic heterocycles. The normalized spacial score (nSPS) is 13.4. The van der Waals surface area contributed by atoms with Gasteiger partial charge in [0.15, 0.2) is 0 Å². The van der Waals surface area contributed by atoms with Crippen LogP contribution in [0.3, 0.4) is 0 Å². The molecule has 1 atom stereocenters. The van der Waals surface area contributed by atoms with E-state index in [-0.39, 0.29) is 12.5 Å². The average molecular weight is 369 g/mol. The Balaban J connectivity index is 1.75. The number of carbonyl (C=O) groups is 2. The molecular weight excluding hydrogens is 349 g/mol. The number of carboxylic acids is 1. The van der Waals surface area contributed by atoms with Crippen molar-refractivity contribution < 1.29 is 23.8 Å². The third-order valence-corrected chi connectivity index (χ3v) is 4.79. The third-order valence-electron chi connectivity index (χ3n) is 4.79. The van der Waals surface area contributed by atoms with Crippen LogP contribution in [0.2, 0.25) is 0 Å². The third kappa shape index (κ3) is 3.69. The predicted octanol–water partition coefficient (Wildman–Crippen LogP) is 4.19. The Morgan fingerprint density at radius 3 is 2.15 bits per heavy atom. The summed E-state index contributed by atoms with van der Waals surface area (Å²) in [6, 6.07) is 14.4.